The van der Waals surface area contributed by atoms with Gasteiger partial charge in [0.2, 0.25) is 10.0 Å². The van der Waals surface area contributed by atoms with Crippen LogP contribution in [0.15, 0.2) is 35.5 Å². The fourth-order valence-electron chi connectivity index (χ4n) is 3.82. The molecule has 0 saturated carbocycles. The maximum Gasteiger partial charge on any atom is 0.243 e. The smallest absolute Gasteiger partial charge is 0.243 e. The van der Waals surface area contributed by atoms with E-state index in [0.717, 1.165) is 29.7 Å². The summed E-state index contributed by atoms with van der Waals surface area (Å²) in [6.45, 7) is 4.74. The highest BCUT2D eigenvalue weighted by Crippen LogP contribution is 2.32. The number of rotatable bonds is 4. The summed E-state index contributed by atoms with van der Waals surface area (Å²) >= 11 is 0. The Morgan fingerprint density at radius 2 is 1.86 bits per heavy atom. The number of ether oxygens (including phenoxy) is 1. The molecule has 8 nitrogen and oxygen atoms in total. The van der Waals surface area contributed by atoms with Crippen molar-refractivity contribution < 1.29 is 13.2 Å². The summed E-state index contributed by atoms with van der Waals surface area (Å²) in [6, 6.07) is 7.03. The lowest BCUT2D eigenvalue weighted by Gasteiger charge is -2.31. The first-order chi connectivity index (χ1) is 13.4. The van der Waals surface area contributed by atoms with Gasteiger partial charge in [-0.2, -0.15) is 9.40 Å². The zero-order valence-electron chi connectivity index (χ0n) is 16.2. The van der Waals surface area contributed by atoms with E-state index < -0.39 is 10.0 Å². The highest BCUT2D eigenvalue weighted by atomic mass is 32.2. The van der Waals surface area contributed by atoms with Crippen molar-refractivity contribution in [3.05, 3.63) is 47.4 Å². The summed E-state index contributed by atoms with van der Waals surface area (Å²) < 4.78 is 34.5. The molecule has 1 saturated heterocycles. The van der Waals surface area contributed by atoms with Gasteiger partial charge in [-0.25, -0.2) is 13.4 Å². The molecule has 0 amide bonds. The number of aromatic nitrogens is 4. The second kappa shape index (κ2) is 7.14. The van der Waals surface area contributed by atoms with Crippen LogP contribution < -0.4 is 4.74 Å². The molecule has 0 bridgehead atoms. The molecule has 0 N–H and O–H groups in total. The number of fused-ring (bicyclic) bond motifs is 1. The van der Waals surface area contributed by atoms with Gasteiger partial charge in [-0.3, -0.25) is 0 Å². The van der Waals surface area contributed by atoms with Gasteiger partial charge in [0.25, 0.3) is 0 Å². The van der Waals surface area contributed by atoms with Gasteiger partial charge in [0.05, 0.1) is 17.7 Å². The summed E-state index contributed by atoms with van der Waals surface area (Å²) in [4.78, 5) is 4.50. The molecule has 1 aliphatic heterocycles. The number of hydrogen-bond donors (Lipinski definition) is 0. The van der Waals surface area contributed by atoms with E-state index in [-0.39, 0.29) is 5.92 Å². The number of benzene rings is 1. The zero-order valence-corrected chi connectivity index (χ0v) is 17.0. The minimum atomic E-state index is -3.53. The summed E-state index contributed by atoms with van der Waals surface area (Å²) in [7, 11) is -1.96. The van der Waals surface area contributed by atoms with Crippen LogP contribution in [0.3, 0.4) is 0 Å². The fourth-order valence-corrected chi connectivity index (χ4v) is 5.49. The van der Waals surface area contributed by atoms with Crippen LogP contribution >= 0.6 is 0 Å². The minimum absolute atomic E-state index is 0.206. The van der Waals surface area contributed by atoms with Crippen LogP contribution in [0.1, 0.15) is 35.6 Å². The molecule has 3 heterocycles. The van der Waals surface area contributed by atoms with E-state index in [1.165, 1.54) is 11.0 Å². The molecular formula is C19H23N5O3S. The van der Waals surface area contributed by atoms with Crippen molar-refractivity contribution in [2.75, 3.05) is 20.2 Å². The molecule has 148 valence electrons. The Bertz CT molecular complexity index is 1120. The molecule has 0 unspecified atom stereocenters. The van der Waals surface area contributed by atoms with Crippen molar-refractivity contribution in [2.45, 2.75) is 37.5 Å². The number of sulfonamides is 1. The molecule has 1 fully saturated rings. The third-order valence-electron chi connectivity index (χ3n) is 5.35. The Morgan fingerprint density at radius 1 is 1.11 bits per heavy atom. The SMILES string of the molecule is COc1ccc(S(=O)(=O)N2CCC(c3nn4ncnc4cc3C)CC2)c(C)c1. The first kappa shape index (κ1) is 18.8. The van der Waals surface area contributed by atoms with Crippen molar-refractivity contribution in [3.63, 3.8) is 0 Å². The summed E-state index contributed by atoms with van der Waals surface area (Å²) in [5, 5.41) is 8.71. The Hall–Kier alpha value is -2.52. The third-order valence-corrected chi connectivity index (χ3v) is 7.41. The van der Waals surface area contributed by atoms with Crippen molar-refractivity contribution in [3.8, 4) is 5.75 Å². The van der Waals surface area contributed by atoms with Crippen LogP contribution in [0.25, 0.3) is 5.65 Å². The minimum Gasteiger partial charge on any atom is -0.497 e. The monoisotopic (exact) mass is 401 g/mol. The lowest BCUT2D eigenvalue weighted by atomic mass is 9.92. The molecule has 2 aromatic heterocycles. The largest absolute Gasteiger partial charge is 0.497 e. The third kappa shape index (κ3) is 3.24. The number of aryl methyl sites for hydroxylation is 2. The van der Waals surface area contributed by atoms with Gasteiger partial charge >= 0.3 is 0 Å². The lowest BCUT2D eigenvalue weighted by molar-refractivity contribution is 0.314. The van der Waals surface area contributed by atoms with E-state index in [9.17, 15) is 8.42 Å². The van der Waals surface area contributed by atoms with Gasteiger partial charge in [0.15, 0.2) is 5.65 Å². The second-order valence-corrected chi connectivity index (χ2v) is 9.04. The van der Waals surface area contributed by atoms with Crippen LogP contribution in [-0.4, -0.2) is 52.7 Å². The molecule has 9 heteroatoms. The Balaban J connectivity index is 1.53. The fraction of sp³-hybridized carbons (Fsp3) is 0.421. The first-order valence-electron chi connectivity index (χ1n) is 9.22. The Kier molecular flexibility index (Phi) is 4.80. The van der Waals surface area contributed by atoms with E-state index in [4.69, 9.17) is 4.74 Å². The molecule has 1 aliphatic rings. The van der Waals surface area contributed by atoms with E-state index >= 15 is 0 Å². The van der Waals surface area contributed by atoms with Crippen LogP contribution in [-0.2, 0) is 10.0 Å². The topological polar surface area (TPSA) is 89.7 Å². The van der Waals surface area contributed by atoms with Gasteiger partial charge < -0.3 is 4.74 Å². The van der Waals surface area contributed by atoms with Crippen molar-refractivity contribution in [1.29, 1.82) is 0 Å². The van der Waals surface area contributed by atoms with Crippen LogP contribution in [0, 0.1) is 13.8 Å². The summed E-state index contributed by atoms with van der Waals surface area (Å²) in [5.74, 6) is 0.859. The highest BCUT2D eigenvalue weighted by Gasteiger charge is 2.32. The maximum absolute atomic E-state index is 13.1. The van der Waals surface area contributed by atoms with E-state index in [0.29, 0.717) is 29.3 Å². The Labute approximate surface area is 164 Å². The van der Waals surface area contributed by atoms with E-state index in [1.807, 2.05) is 13.0 Å². The van der Waals surface area contributed by atoms with E-state index in [2.05, 4.69) is 15.2 Å². The summed E-state index contributed by atoms with van der Waals surface area (Å²) in [6.07, 6.45) is 2.93. The van der Waals surface area contributed by atoms with Crippen LogP contribution in [0.2, 0.25) is 0 Å². The molecule has 4 rings (SSSR count). The average molecular weight is 401 g/mol. The average Bonchev–Trinajstić information content (AvgIpc) is 3.14. The molecule has 0 radical (unpaired) electrons. The van der Waals surface area contributed by atoms with Crippen molar-refractivity contribution in [2.24, 2.45) is 0 Å². The predicted octanol–water partition coefficient (Wildman–Crippen LogP) is 2.32. The molecule has 0 spiro atoms. The highest BCUT2D eigenvalue weighted by molar-refractivity contribution is 7.89. The number of nitrogens with zero attached hydrogens (tertiary/aromatic N) is 5. The van der Waals surface area contributed by atoms with Gasteiger partial charge in [0.1, 0.15) is 12.1 Å². The normalized spacial score (nSPS) is 16.5. The van der Waals surface area contributed by atoms with Crippen molar-refractivity contribution in [1.82, 2.24) is 24.1 Å². The molecule has 28 heavy (non-hydrogen) atoms. The second-order valence-electron chi connectivity index (χ2n) is 7.13. The zero-order chi connectivity index (χ0) is 19.9. The number of methoxy groups -OCH3 is 1. The van der Waals surface area contributed by atoms with Crippen LogP contribution in [0.4, 0.5) is 0 Å². The molecule has 0 aliphatic carbocycles. The molecule has 1 aromatic carbocycles. The predicted molar refractivity (Wildman–Crippen MR) is 104 cm³/mol. The van der Waals surface area contributed by atoms with Gasteiger partial charge in [0, 0.05) is 19.0 Å². The quantitative estimate of drug-likeness (QED) is 0.666. The van der Waals surface area contributed by atoms with E-state index in [1.54, 1.807) is 36.5 Å². The standard InChI is InChI=1S/C19H23N5O3S/c1-13-10-16(27-3)4-5-17(13)28(25,26)23-8-6-15(7-9-23)19-14(2)11-18-20-12-21-24(18)22-19/h4-5,10-12,15H,6-9H2,1-3H3. The number of hydrogen-bond acceptors (Lipinski definition) is 6. The Morgan fingerprint density at radius 3 is 2.54 bits per heavy atom. The van der Waals surface area contributed by atoms with Crippen LogP contribution in [0.5, 0.6) is 5.75 Å². The molecule has 3 aromatic rings. The molecule has 0 atom stereocenters. The van der Waals surface area contributed by atoms with Gasteiger partial charge in [-0.15, -0.1) is 9.73 Å². The van der Waals surface area contributed by atoms with Crippen molar-refractivity contribution >= 4 is 15.7 Å². The first-order valence-corrected chi connectivity index (χ1v) is 10.7. The summed E-state index contributed by atoms with van der Waals surface area (Å²) in [5.41, 5.74) is 3.44. The lowest BCUT2D eigenvalue weighted by Crippen LogP contribution is -2.38. The molecular weight excluding hydrogens is 378 g/mol. The van der Waals surface area contributed by atoms with Gasteiger partial charge in [-0.1, -0.05) is 0 Å². The maximum atomic E-state index is 13.1. The number of piperidine rings is 1. The van der Waals surface area contributed by atoms with Gasteiger partial charge in [-0.05, 0) is 62.1 Å².